The third-order valence-electron chi connectivity index (χ3n) is 3.84. The Hall–Kier alpha value is -1.20. The van der Waals surface area contributed by atoms with Crippen LogP contribution in [0.5, 0.6) is 5.75 Å². The number of halogens is 2. The number of para-hydroxylation sites is 1. The van der Waals surface area contributed by atoms with Crippen molar-refractivity contribution in [3.63, 3.8) is 0 Å². The van der Waals surface area contributed by atoms with Gasteiger partial charge in [-0.05, 0) is 37.3 Å². The second kappa shape index (κ2) is 6.99. The van der Waals surface area contributed by atoms with Crippen molar-refractivity contribution in [2.75, 3.05) is 6.61 Å². The van der Waals surface area contributed by atoms with E-state index in [4.69, 9.17) is 10.6 Å². The number of ether oxygens (including phenoxy) is 1. The highest BCUT2D eigenvalue weighted by molar-refractivity contribution is 5.20. The summed E-state index contributed by atoms with van der Waals surface area (Å²) in [6, 6.07) is 9.56. The molecular formula is C15H22F2N2O. The highest BCUT2D eigenvalue weighted by Crippen LogP contribution is 2.40. The average Bonchev–Trinajstić information content (AvgIpc) is 2.78. The van der Waals surface area contributed by atoms with Crippen molar-refractivity contribution in [2.45, 2.75) is 44.1 Å². The van der Waals surface area contributed by atoms with Gasteiger partial charge in [-0.1, -0.05) is 18.2 Å². The Labute approximate surface area is 118 Å². The molecule has 1 aromatic rings. The molecule has 1 aromatic carbocycles. The van der Waals surface area contributed by atoms with Gasteiger partial charge in [-0.25, -0.2) is 8.78 Å². The summed E-state index contributed by atoms with van der Waals surface area (Å²) in [6.07, 6.45) is 1.99. The molecular weight excluding hydrogens is 262 g/mol. The van der Waals surface area contributed by atoms with E-state index in [0.29, 0.717) is 25.9 Å². The minimum absolute atomic E-state index is 0.00920. The van der Waals surface area contributed by atoms with E-state index in [-0.39, 0.29) is 24.8 Å². The first-order chi connectivity index (χ1) is 9.59. The smallest absolute Gasteiger partial charge is 0.248 e. The molecule has 3 N–H and O–H groups in total. The molecule has 0 radical (unpaired) electrons. The highest BCUT2D eigenvalue weighted by atomic mass is 19.3. The van der Waals surface area contributed by atoms with E-state index in [2.05, 4.69) is 5.43 Å². The Bertz CT molecular complexity index is 400. The monoisotopic (exact) mass is 284 g/mol. The van der Waals surface area contributed by atoms with Gasteiger partial charge in [-0.3, -0.25) is 11.3 Å². The van der Waals surface area contributed by atoms with Crippen LogP contribution in [0.2, 0.25) is 0 Å². The molecule has 0 amide bonds. The molecule has 0 saturated heterocycles. The van der Waals surface area contributed by atoms with Gasteiger partial charge in [0.25, 0.3) is 0 Å². The van der Waals surface area contributed by atoms with Crippen LogP contribution in [0.4, 0.5) is 8.78 Å². The topological polar surface area (TPSA) is 47.3 Å². The van der Waals surface area contributed by atoms with E-state index < -0.39 is 5.92 Å². The van der Waals surface area contributed by atoms with Gasteiger partial charge in [-0.2, -0.15) is 0 Å². The Morgan fingerprint density at radius 3 is 2.70 bits per heavy atom. The first-order valence-corrected chi connectivity index (χ1v) is 7.11. The van der Waals surface area contributed by atoms with Crippen molar-refractivity contribution < 1.29 is 13.5 Å². The lowest BCUT2D eigenvalue weighted by Gasteiger charge is -2.20. The second-order valence-electron chi connectivity index (χ2n) is 5.51. The van der Waals surface area contributed by atoms with E-state index in [9.17, 15) is 8.78 Å². The largest absolute Gasteiger partial charge is 0.494 e. The number of alkyl halides is 2. The minimum Gasteiger partial charge on any atom is -0.494 e. The summed E-state index contributed by atoms with van der Waals surface area (Å²) in [5, 5.41) is 0. The molecule has 1 aliphatic carbocycles. The second-order valence-corrected chi connectivity index (χ2v) is 5.51. The standard InChI is InChI=1S/C15H22F2N2O/c16-15(17)8-6-12(11-15)10-13(19-18)7-9-20-14-4-2-1-3-5-14/h1-5,12-13,19H,6-11,18H2. The van der Waals surface area contributed by atoms with Crippen LogP contribution in [-0.4, -0.2) is 18.6 Å². The van der Waals surface area contributed by atoms with Crippen molar-refractivity contribution in [3.8, 4) is 5.75 Å². The minimum atomic E-state index is -2.48. The van der Waals surface area contributed by atoms with E-state index in [0.717, 1.165) is 5.75 Å². The van der Waals surface area contributed by atoms with Gasteiger partial charge >= 0.3 is 0 Å². The molecule has 112 valence electrons. The lowest BCUT2D eigenvalue weighted by atomic mass is 9.97. The lowest BCUT2D eigenvalue weighted by Crippen LogP contribution is -2.37. The van der Waals surface area contributed by atoms with Gasteiger partial charge < -0.3 is 4.74 Å². The fourth-order valence-electron chi connectivity index (χ4n) is 2.75. The number of hydrogen-bond donors (Lipinski definition) is 2. The average molecular weight is 284 g/mol. The first kappa shape index (κ1) is 15.2. The van der Waals surface area contributed by atoms with E-state index in [1.54, 1.807) is 0 Å². The normalized spacial score (nSPS) is 22.6. The molecule has 5 heteroatoms. The lowest BCUT2D eigenvalue weighted by molar-refractivity contribution is 0.00424. The van der Waals surface area contributed by atoms with Gasteiger partial charge in [0, 0.05) is 18.9 Å². The van der Waals surface area contributed by atoms with Crippen molar-refractivity contribution in [1.82, 2.24) is 5.43 Å². The van der Waals surface area contributed by atoms with Crippen molar-refractivity contribution in [3.05, 3.63) is 30.3 Å². The Morgan fingerprint density at radius 1 is 1.35 bits per heavy atom. The van der Waals surface area contributed by atoms with Gasteiger partial charge in [0.2, 0.25) is 5.92 Å². The molecule has 20 heavy (non-hydrogen) atoms. The molecule has 0 spiro atoms. The number of rotatable bonds is 7. The molecule has 1 fully saturated rings. The van der Waals surface area contributed by atoms with E-state index in [1.165, 1.54) is 0 Å². The van der Waals surface area contributed by atoms with Crippen molar-refractivity contribution in [1.29, 1.82) is 0 Å². The molecule has 2 unspecified atom stereocenters. The van der Waals surface area contributed by atoms with Gasteiger partial charge in [0.1, 0.15) is 5.75 Å². The van der Waals surface area contributed by atoms with Gasteiger partial charge in [-0.15, -0.1) is 0 Å². The summed E-state index contributed by atoms with van der Waals surface area (Å²) in [5.41, 5.74) is 2.72. The zero-order valence-corrected chi connectivity index (χ0v) is 11.5. The molecule has 0 bridgehead atoms. The summed E-state index contributed by atoms with van der Waals surface area (Å²) >= 11 is 0. The third kappa shape index (κ3) is 4.72. The summed E-state index contributed by atoms with van der Waals surface area (Å²) in [5.74, 6) is 3.90. The summed E-state index contributed by atoms with van der Waals surface area (Å²) in [7, 11) is 0. The maximum absolute atomic E-state index is 13.1. The SMILES string of the molecule is NNC(CCOc1ccccc1)CC1CCC(F)(F)C1. The quantitative estimate of drug-likeness (QED) is 0.597. The molecule has 2 atom stereocenters. The highest BCUT2D eigenvalue weighted by Gasteiger charge is 2.39. The van der Waals surface area contributed by atoms with Crippen LogP contribution in [0.3, 0.4) is 0 Å². The van der Waals surface area contributed by atoms with Crippen LogP contribution in [0.25, 0.3) is 0 Å². The van der Waals surface area contributed by atoms with Gasteiger partial charge in [0.15, 0.2) is 0 Å². The fraction of sp³-hybridized carbons (Fsp3) is 0.600. The number of benzene rings is 1. The van der Waals surface area contributed by atoms with Crippen LogP contribution in [0.1, 0.15) is 32.1 Å². The van der Waals surface area contributed by atoms with Crippen LogP contribution >= 0.6 is 0 Å². The van der Waals surface area contributed by atoms with Crippen LogP contribution in [0.15, 0.2) is 30.3 Å². The molecule has 3 nitrogen and oxygen atoms in total. The fourth-order valence-corrected chi connectivity index (χ4v) is 2.75. The zero-order chi connectivity index (χ0) is 14.4. The molecule has 0 aliphatic heterocycles. The Morgan fingerprint density at radius 2 is 2.10 bits per heavy atom. The predicted molar refractivity (Wildman–Crippen MR) is 74.6 cm³/mol. The zero-order valence-electron chi connectivity index (χ0n) is 11.5. The van der Waals surface area contributed by atoms with Gasteiger partial charge in [0.05, 0.1) is 6.61 Å². The predicted octanol–water partition coefficient (Wildman–Crippen LogP) is 3.11. The van der Waals surface area contributed by atoms with Crippen LogP contribution in [0, 0.1) is 5.92 Å². The number of hydrazine groups is 1. The molecule has 1 saturated carbocycles. The first-order valence-electron chi connectivity index (χ1n) is 7.11. The van der Waals surface area contributed by atoms with Crippen LogP contribution < -0.4 is 16.0 Å². The molecule has 2 rings (SSSR count). The Kier molecular flexibility index (Phi) is 5.31. The summed E-state index contributed by atoms with van der Waals surface area (Å²) < 4.78 is 31.9. The maximum Gasteiger partial charge on any atom is 0.248 e. The Balaban J connectivity index is 1.70. The van der Waals surface area contributed by atoms with Crippen LogP contribution in [-0.2, 0) is 0 Å². The summed E-state index contributed by atoms with van der Waals surface area (Å²) in [4.78, 5) is 0. The maximum atomic E-state index is 13.1. The van der Waals surface area contributed by atoms with E-state index >= 15 is 0 Å². The summed E-state index contributed by atoms with van der Waals surface area (Å²) in [6.45, 7) is 0.530. The third-order valence-corrected chi connectivity index (χ3v) is 3.84. The number of hydrogen-bond acceptors (Lipinski definition) is 3. The van der Waals surface area contributed by atoms with E-state index in [1.807, 2.05) is 30.3 Å². The number of nitrogens with one attached hydrogen (secondary N) is 1. The van der Waals surface area contributed by atoms with Crippen molar-refractivity contribution >= 4 is 0 Å². The molecule has 0 aromatic heterocycles. The number of nitrogens with two attached hydrogens (primary N) is 1. The van der Waals surface area contributed by atoms with Crippen molar-refractivity contribution in [2.24, 2.45) is 11.8 Å². The molecule has 0 heterocycles. The molecule has 1 aliphatic rings.